The maximum Gasteiger partial charge on any atom is 0.220 e. The van der Waals surface area contributed by atoms with E-state index < -0.39 is 0 Å². The number of nitrogens with two attached hydrogens (primary N) is 1. The first-order valence-corrected chi connectivity index (χ1v) is 6.62. The van der Waals surface area contributed by atoms with Gasteiger partial charge >= 0.3 is 0 Å². The van der Waals surface area contributed by atoms with Crippen molar-refractivity contribution in [2.24, 2.45) is 5.73 Å². The van der Waals surface area contributed by atoms with Crippen LogP contribution in [-0.4, -0.2) is 32.2 Å². The largest absolute Gasteiger partial charge is 0.493 e. The molecule has 1 amide bonds. The highest BCUT2D eigenvalue weighted by Gasteiger charge is 2.12. The van der Waals surface area contributed by atoms with Crippen molar-refractivity contribution in [2.45, 2.75) is 32.2 Å². The van der Waals surface area contributed by atoms with Crippen LogP contribution in [-0.2, 0) is 11.2 Å². The van der Waals surface area contributed by atoms with E-state index in [4.69, 9.17) is 15.2 Å². The summed E-state index contributed by atoms with van der Waals surface area (Å²) < 4.78 is 10.4. The van der Waals surface area contributed by atoms with Crippen LogP contribution in [0.3, 0.4) is 0 Å². The van der Waals surface area contributed by atoms with Crippen LogP contribution in [0.1, 0.15) is 25.8 Å². The quantitative estimate of drug-likeness (QED) is 0.793. The maximum absolute atomic E-state index is 11.7. The second-order valence-electron chi connectivity index (χ2n) is 5.45. The molecule has 0 fully saturated rings. The number of hydrogen-bond donors (Lipinski definition) is 2. The first-order chi connectivity index (χ1) is 9.35. The lowest BCUT2D eigenvalue weighted by Crippen LogP contribution is -2.45. The predicted molar refractivity (Wildman–Crippen MR) is 79.1 cm³/mol. The molecule has 0 saturated carbocycles. The van der Waals surface area contributed by atoms with Gasteiger partial charge in [-0.25, -0.2) is 0 Å². The minimum atomic E-state index is -0.390. The monoisotopic (exact) mass is 280 g/mol. The van der Waals surface area contributed by atoms with Gasteiger partial charge < -0.3 is 20.5 Å². The second kappa shape index (κ2) is 7.14. The van der Waals surface area contributed by atoms with E-state index in [1.54, 1.807) is 14.2 Å². The number of rotatable bonds is 7. The molecule has 0 bridgehead atoms. The number of hydrogen-bond acceptors (Lipinski definition) is 4. The van der Waals surface area contributed by atoms with E-state index in [-0.39, 0.29) is 11.4 Å². The molecule has 20 heavy (non-hydrogen) atoms. The Bertz CT molecular complexity index is 453. The molecule has 0 aliphatic heterocycles. The molecule has 112 valence electrons. The second-order valence-corrected chi connectivity index (χ2v) is 5.45. The van der Waals surface area contributed by atoms with Crippen LogP contribution in [0.5, 0.6) is 11.5 Å². The van der Waals surface area contributed by atoms with Crippen molar-refractivity contribution in [3.05, 3.63) is 23.8 Å². The molecule has 1 aromatic rings. The first-order valence-electron chi connectivity index (χ1n) is 6.62. The minimum absolute atomic E-state index is 0.00156. The van der Waals surface area contributed by atoms with Gasteiger partial charge in [-0.3, -0.25) is 4.79 Å². The fourth-order valence-electron chi connectivity index (χ4n) is 1.71. The van der Waals surface area contributed by atoms with Crippen LogP contribution in [0, 0.1) is 0 Å². The summed E-state index contributed by atoms with van der Waals surface area (Å²) in [6.07, 6.45) is 1.07. The molecule has 0 heterocycles. The predicted octanol–water partition coefficient (Wildman–Crippen LogP) is 1.49. The van der Waals surface area contributed by atoms with Gasteiger partial charge in [-0.05, 0) is 38.0 Å². The fourth-order valence-corrected chi connectivity index (χ4v) is 1.71. The summed E-state index contributed by atoms with van der Waals surface area (Å²) in [5.74, 6) is 1.36. The topological polar surface area (TPSA) is 73.6 Å². The number of aryl methyl sites for hydroxylation is 1. The lowest BCUT2D eigenvalue weighted by atomic mass is 10.1. The number of nitrogens with one attached hydrogen (secondary N) is 1. The maximum atomic E-state index is 11.7. The summed E-state index contributed by atoms with van der Waals surface area (Å²) in [6.45, 7) is 4.22. The molecule has 0 spiro atoms. The summed E-state index contributed by atoms with van der Waals surface area (Å²) >= 11 is 0. The molecule has 1 rings (SSSR count). The molecule has 0 aliphatic rings. The number of carbonyl (C=O) groups excluding carboxylic acids is 1. The van der Waals surface area contributed by atoms with Gasteiger partial charge in [0.1, 0.15) is 0 Å². The molecule has 0 aromatic heterocycles. The van der Waals surface area contributed by atoms with Crippen molar-refractivity contribution >= 4 is 5.91 Å². The van der Waals surface area contributed by atoms with Crippen LogP contribution >= 0.6 is 0 Å². The summed E-state index contributed by atoms with van der Waals surface area (Å²) in [5, 5.41) is 2.82. The normalized spacial score (nSPS) is 11.1. The molecule has 3 N–H and O–H groups in total. The SMILES string of the molecule is COc1ccc(CCC(=O)NCC(C)(C)N)cc1OC. The van der Waals surface area contributed by atoms with E-state index in [0.717, 1.165) is 5.56 Å². The summed E-state index contributed by atoms with van der Waals surface area (Å²) in [7, 11) is 3.19. The third kappa shape index (κ3) is 5.48. The van der Waals surface area contributed by atoms with E-state index in [2.05, 4.69) is 5.32 Å². The number of carbonyl (C=O) groups is 1. The van der Waals surface area contributed by atoms with Gasteiger partial charge in [0.05, 0.1) is 14.2 Å². The summed E-state index contributed by atoms with van der Waals surface area (Å²) in [5.41, 5.74) is 6.46. The zero-order valence-corrected chi connectivity index (χ0v) is 12.7. The molecular weight excluding hydrogens is 256 g/mol. The van der Waals surface area contributed by atoms with Gasteiger partial charge in [-0.2, -0.15) is 0 Å². The zero-order valence-electron chi connectivity index (χ0n) is 12.7. The Labute approximate surface area is 120 Å². The molecule has 5 nitrogen and oxygen atoms in total. The Hall–Kier alpha value is -1.75. The zero-order chi connectivity index (χ0) is 15.2. The molecule has 5 heteroatoms. The number of methoxy groups -OCH3 is 2. The van der Waals surface area contributed by atoms with E-state index in [9.17, 15) is 4.79 Å². The summed E-state index contributed by atoms with van der Waals surface area (Å²) in [4.78, 5) is 11.7. The van der Waals surface area contributed by atoms with Crippen LogP contribution in [0.2, 0.25) is 0 Å². The van der Waals surface area contributed by atoms with Gasteiger partial charge in [-0.15, -0.1) is 0 Å². The van der Waals surface area contributed by atoms with Gasteiger partial charge in [-0.1, -0.05) is 6.07 Å². The third-order valence-corrected chi connectivity index (χ3v) is 2.83. The van der Waals surface area contributed by atoms with E-state index in [0.29, 0.717) is 30.9 Å². The van der Waals surface area contributed by atoms with Crippen LogP contribution in [0.25, 0.3) is 0 Å². The van der Waals surface area contributed by atoms with Gasteiger partial charge in [0, 0.05) is 18.5 Å². The van der Waals surface area contributed by atoms with Crippen molar-refractivity contribution in [3.8, 4) is 11.5 Å². The lowest BCUT2D eigenvalue weighted by molar-refractivity contribution is -0.121. The third-order valence-electron chi connectivity index (χ3n) is 2.83. The molecule has 0 aliphatic carbocycles. The number of amides is 1. The van der Waals surface area contributed by atoms with Gasteiger partial charge in [0.25, 0.3) is 0 Å². The number of ether oxygens (including phenoxy) is 2. The Morgan fingerprint density at radius 3 is 2.45 bits per heavy atom. The fraction of sp³-hybridized carbons (Fsp3) is 0.533. The Balaban J connectivity index is 2.51. The van der Waals surface area contributed by atoms with E-state index in [1.807, 2.05) is 32.0 Å². The standard InChI is InChI=1S/C15H24N2O3/c1-15(2,16)10-17-14(18)8-6-11-5-7-12(19-3)13(9-11)20-4/h5,7,9H,6,8,10,16H2,1-4H3,(H,17,18). The average molecular weight is 280 g/mol. The van der Waals surface area contributed by atoms with E-state index >= 15 is 0 Å². The average Bonchev–Trinajstić information content (AvgIpc) is 2.41. The first kappa shape index (κ1) is 16.3. The van der Waals surface area contributed by atoms with Gasteiger partial charge in [0.2, 0.25) is 5.91 Å². The Morgan fingerprint density at radius 2 is 1.90 bits per heavy atom. The van der Waals surface area contributed by atoms with Crippen molar-refractivity contribution in [1.29, 1.82) is 0 Å². The highest BCUT2D eigenvalue weighted by Crippen LogP contribution is 2.27. The van der Waals surface area contributed by atoms with Crippen molar-refractivity contribution < 1.29 is 14.3 Å². The molecule has 0 atom stereocenters. The van der Waals surface area contributed by atoms with Gasteiger partial charge in [0.15, 0.2) is 11.5 Å². The van der Waals surface area contributed by atoms with Crippen molar-refractivity contribution in [3.63, 3.8) is 0 Å². The minimum Gasteiger partial charge on any atom is -0.493 e. The summed E-state index contributed by atoms with van der Waals surface area (Å²) in [6, 6.07) is 5.66. The van der Waals surface area contributed by atoms with Crippen molar-refractivity contribution in [2.75, 3.05) is 20.8 Å². The lowest BCUT2D eigenvalue weighted by Gasteiger charge is -2.18. The van der Waals surface area contributed by atoms with Crippen LogP contribution in [0.4, 0.5) is 0 Å². The molecule has 0 unspecified atom stereocenters. The van der Waals surface area contributed by atoms with Crippen LogP contribution < -0.4 is 20.5 Å². The smallest absolute Gasteiger partial charge is 0.220 e. The van der Waals surface area contributed by atoms with E-state index in [1.165, 1.54) is 0 Å². The Kier molecular flexibility index (Phi) is 5.82. The number of benzene rings is 1. The van der Waals surface area contributed by atoms with Crippen LogP contribution in [0.15, 0.2) is 18.2 Å². The highest BCUT2D eigenvalue weighted by atomic mass is 16.5. The molecular formula is C15H24N2O3. The highest BCUT2D eigenvalue weighted by molar-refractivity contribution is 5.76. The molecule has 0 saturated heterocycles. The molecule has 1 aromatic carbocycles. The molecule has 0 radical (unpaired) electrons. The van der Waals surface area contributed by atoms with Crippen molar-refractivity contribution in [1.82, 2.24) is 5.32 Å². The Morgan fingerprint density at radius 1 is 1.25 bits per heavy atom.